The molecule has 1 atom stereocenters. The maximum absolute atomic E-state index is 11.6. The van der Waals surface area contributed by atoms with Gasteiger partial charge in [-0.1, -0.05) is 13.3 Å². The van der Waals surface area contributed by atoms with Crippen LogP contribution in [0.1, 0.15) is 59.3 Å². The van der Waals surface area contributed by atoms with Gasteiger partial charge in [0.1, 0.15) is 5.54 Å². The molecule has 0 aromatic rings. The van der Waals surface area contributed by atoms with E-state index in [9.17, 15) is 9.90 Å². The lowest BCUT2D eigenvalue weighted by Gasteiger charge is -2.36. The summed E-state index contributed by atoms with van der Waals surface area (Å²) in [4.78, 5) is 14.0. The molecule has 2 N–H and O–H groups in total. The zero-order valence-corrected chi connectivity index (χ0v) is 12.9. The summed E-state index contributed by atoms with van der Waals surface area (Å²) in [7, 11) is 2.16. The van der Waals surface area contributed by atoms with E-state index in [1.54, 1.807) is 0 Å². The van der Waals surface area contributed by atoms with E-state index in [-0.39, 0.29) is 6.04 Å². The third kappa shape index (κ3) is 4.46. The van der Waals surface area contributed by atoms with E-state index in [1.165, 1.54) is 19.3 Å². The highest BCUT2D eigenvalue weighted by Crippen LogP contribution is 2.25. The van der Waals surface area contributed by atoms with Crippen molar-refractivity contribution in [1.82, 2.24) is 10.2 Å². The molecule has 0 saturated heterocycles. The molecule has 0 aliphatic heterocycles. The molecule has 0 aromatic heterocycles. The molecule has 1 saturated carbocycles. The summed E-state index contributed by atoms with van der Waals surface area (Å²) in [6.07, 6.45) is 6.23. The van der Waals surface area contributed by atoms with Crippen molar-refractivity contribution >= 4 is 5.97 Å². The number of rotatable bonds is 9. The highest BCUT2D eigenvalue weighted by atomic mass is 16.4. The second kappa shape index (κ2) is 7.25. The van der Waals surface area contributed by atoms with E-state index in [4.69, 9.17) is 0 Å². The van der Waals surface area contributed by atoms with Gasteiger partial charge in [-0.05, 0) is 59.5 Å². The number of hydrogen-bond donors (Lipinski definition) is 2. The zero-order chi connectivity index (χ0) is 14.5. The number of nitrogens with one attached hydrogen (secondary N) is 1. The van der Waals surface area contributed by atoms with E-state index in [2.05, 4.69) is 17.3 Å². The average Bonchev–Trinajstić information content (AvgIpc) is 2.24. The highest BCUT2D eigenvalue weighted by molar-refractivity contribution is 5.78. The van der Waals surface area contributed by atoms with Crippen LogP contribution in [0, 0.1) is 0 Å². The van der Waals surface area contributed by atoms with E-state index in [0.717, 1.165) is 19.0 Å². The fourth-order valence-electron chi connectivity index (χ4n) is 2.86. The fraction of sp³-hybridized carbons (Fsp3) is 0.933. The molecule has 4 nitrogen and oxygen atoms in total. The molecule has 4 heteroatoms. The minimum absolute atomic E-state index is 0.195. The topological polar surface area (TPSA) is 52.6 Å². The Kier molecular flexibility index (Phi) is 6.27. The molecular weight excluding hydrogens is 240 g/mol. The molecule has 0 spiro atoms. The van der Waals surface area contributed by atoms with Gasteiger partial charge in [-0.15, -0.1) is 0 Å². The maximum Gasteiger partial charge on any atom is 0.323 e. The van der Waals surface area contributed by atoms with Gasteiger partial charge < -0.3 is 10.0 Å². The predicted molar refractivity (Wildman–Crippen MR) is 78.4 cm³/mol. The fourth-order valence-corrected chi connectivity index (χ4v) is 2.86. The van der Waals surface area contributed by atoms with Gasteiger partial charge in [-0.3, -0.25) is 10.1 Å². The van der Waals surface area contributed by atoms with Crippen LogP contribution in [-0.4, -0.2) is 47.2 Å². The third-order valence-corrected chi connectivity index (χ3v) is 4.39. The van der Waals surface area contributed by atoms with Gasteiger partial charge in [0, 0.05) is 12.1 Å². The van der Waals surface area contributed by atoms with Crippen LogP contribution in [0.5, 0.6) is 0 Å². The van der Waals surface area contributed by atoms with Crippen molar-refractivity contribution in [2.24, 2.45) is 0 Å². The minimum Gasteiger partial charge on any atom is -0.480 e. The Balaban J connectivity index is 2.45. The SMILES string of the molecule is CCC(CCCN(C)C1CCC1)(NC(C)C)C(=O)O. The maximum atomic E-state index is 11.6. The lowest BCUT2D eigenvalue weighted by molar-refractivity contribution is -0.145. The second-order valence-electron chi connectivity index (χ2n) is 6.21. The molecule has 0 bridgehead atoms. The molecule has 0 aromatic carbocycles. The van der Waals surface area contributed by atoms with Crippen LogP contribution in [-0.2, 0) is 4.79 Å². The molecule has 1 unspecified atom stereocenters. The van der Waals surface area contributed by atoms with Crippen LogP contribution in [0.15, 0.2) is 0 Å². The number of nitrogens with zero attached hydrogens (tertiary/aromatic N) is 1. The van der Waals surface area contributed by atoms with Gasteiger partial charge in [-0.2, -0.15) is 0 Å². The summed E-state index contributed by atoms with van der Waals surface area (Å²) < 4.78 is 0. The summed E-state index contributed by atoms with van der Waals surface area (Å²) in [6.45, 7) is 6.97. The molecule has 19 heavy (non-hydrogen) atoms. The molecule has 112 valence electrons. The molecule has 0 amide bonds. The van der Waals surface area contributed by atoms with Crippen molar-refractivity contribution in [3.8, 4) is 0 Å². The van der Waals surface area contributed by atoms with E-state index in [0.29, 0.717) is 12.8 Å². The third-order valence-electron chi connectivity index (χ3n) is 4.39. The van der Waals surface area contributed by atoms with Crippen LogP contribution in [0.4, 0.5) is 0 Å². The minimum atomic E-state index is -0.755. The molecule has 1 aliphatic rings. The molecular formula is C15H30N2O2. The highest BCUT2D eigenvalue weighted by Gasteiger charge is 2.36. The standard InChI is InChI=1S/C15H30N2O2/c1-5-15(14(18)19,16-12(2)3)10-7-11-17(4)13-8-6-9-13/h12-13,16H,5-11H2,1-4H3,(H,18,19). The number of aliphatic carboxylic acids is 1. The predicted octanol–water partition coefficient (Wildman–Crippen LogP) is 2.48. The molecule has 0 heterocycles. The second-order valence-corrected chi connectivity index (χ2v) is 6.21. The first-order valence-corrected chi connectivity index (χ1v) is 7.62. The Hall–Kier alpha value is -0.610. The number of carboxylic acids is 1. The van der Waals surface area contributed by atoms with E-state index < -0.39 is 11.5 Å². The molecule has 0 radical (unpaired) electrons. The van der Waals surface area contributed by atoms with E-state index in [1.807, 2.05) is 20.8 Å². The van der Waals surface area contributed by atoms with Crippen molar-refractivity contribution in [2.45, 2.75) is 76.9 Å². The lowest BCUT2D eigenvalue weighted by atomic mass is 9.88. The molecule has 1 rings (SSSR count). The number of carboxylic acid groups (broad SMARTS) is 1. The van der Waals surface area contributed by atoms with Crippen LogP contribution in [0.25, 0.3) is 0 Å². The van der Waals surface area contributed by atoms with Gasteiger partial charge in [0.15, 0.2) is 0 Å². The first-order valence-electron chi connectivity index (χ1n) is 7.62. The Labute approximate surface area is 117 Å². The zero-order valence-electron chi connectivity index (χ0n) is 12.9. The van der Waals surface area contributed by atoms with Crippen LogP contribution in [0.2, 0.25) is 0 Å². The summed E-state index contributed by atoms with van der Waals surface area (Å²) in [5.41, 5.74) is -0.755. The average molecular weight is 270 g/mol. The van der Waals surface area contributed by atoms with Crippen molar-refractivity contribution in [2.75, 3.05) is 13.6 Å². The van der Waals surface area contributed by atoms with Gasteiger partial charge in [0.05, 0.1) is 0 Å². The monoisotopic (exact) mass is 270 g/mol. The molecule has 1 aliphatic carbocycles. The van der Waals surface area contributed by atoms with Crippen LogP contribution < -0.4 is 5.32 Å². The Morgan fingerprint density at radius 1 is 1.47 bits per heavy atom. The van der Waals surface area contributed by atoms with Gasteiger partial charge in [0.2, 0.25) is 0 Å². The van der Waals surface area contributed by atoms with E-state index >= 15 is 0 Å². The first kappa shape index (κ1) is 16.4. The Morgan fingerprint density at radius 2 is 2.11 bits per heavy atom. The number of hydrogen-bond acceptors (Lipinski definition) is 3. The quantitative estimate of drug-likeness (QED) is 0.676. The van der Waals surface area contributed by atoms with Gasteiger partial charge >= 0.3 is 5.97 Å². The summed E-state index contributed by atoms with van der Waals surface area (Å²) in [5, 5.41) is 12.8. The van der Waals surface area contributed by atoms with Crippen LogP contribution >= 0.6 is 0 Å². The summed E-state index contributed by atoms with van der Waals surface area (Å²) in [6, 6.07) is 0.930. The number of carbonyl (C=O) groups is 1. The van der Waals surface area contributed by atoms with Gasteiger partial charge in [0.25, 0.3) is 0 Å². The summed E-state index contributed by atoms with van der Waals surface area (Å²) in [5.74, 6) is -0.713. The van der Waals surface area contributed by atoms with Crippen LogP contribution in [0.3, 0.4) is 0 Å². The summed E-state index contributed by atoms with van der Waals surface area (Å²) >= 11 is 0. The van der Waals surface area contributed by atoms with Crippen molar-refractivity contribution in [3.05, 3.63) is 0 Å². The van der Waals surface area contributed by atoms with Crippen molar-refractivity contribution in [1.29, 1.82) is 0 Å². The first-order chi connectivity index (χ1) is 8.91. The van der Waals surface area contributed by atoms with Crippen molar-refractivity contribution in [3.63, 3.8) is 0 Å². The van der Waals surface area contributed by atoms with Gasteiger partial charge in [-0.25, -0.2) is 0 Å². The normalized spacial score (nSPS) is 19.5. The largest absolute Gasteiger partial charge is 0.480 e. The Bertz CT molecular complexity index is 290. The smallest absolute Gasteiger partial charge is 0.323 e. The Morgan fingerprint density at radius 3 is 2.47 bits per heavy atom. The van der Waals surface area contributed by atoms with Crippen molar-refractivity contribution < 1.29 is 9.90 Å². The molecule has 1 fully saturated rings. The lowest BCUT2D eigenvalue weighted by Crippen LogP contribution is -2.54.